The zero-order chi connectivity index (χ0) is 21.6. The van der Waals surface area contributed by atoms with Gasteiger partial charge in [0.05, 0.1) is 12.1 Å². The van der Waals surface area contributed by atoms with Gasteiger partial charge in [-0.3, -0.25) is 9.78 Å². The van der Waals surface area contributed by atoms with E-state index in [1.165, 1.54) is 0 Å². The van der Waals surface area contributed by atoms with Crippen molar-refractivity contribution in [3.05, 3.63) is 42.7 Å². The minimum atomic E-state index is 0. The molecule has 0 aliphatic carbocycles. The molecule has 2 aromatic heterocycles. The lowest BCUT2D eigenvalue weighted by Gasteiger charge is -2.32. The van der Waals surface area contributed by atoms with Crippen molar-refractivity contribution < 1.29 is 9.53 Å². The minimum absolute atomic E-state index is 0. The van der Waals surface area contributed by atoms with Crippen LogP contribution in [0.5, 0.6) is 5.75 Å². The van der Waals surface area contributed by atoms with E-state index in [2.05, 4.69) is 32.2 Å². The molecule has 186 valence electrons. The van der Waals surface area contributed by atoms with Crippen molar-refractivity contribution in [2.75, 3.05) is 52.2 Å². The van der Waals surface area contributed by atoms with Crippen molar-refractivity contribution in [3.8, 4) is 17.1 Å². The number of benzene rings is 1. The number of pyridine rings is 1. The van der Waals surface area contributed by atoms with Crippen LogP contribution in [0.2, 0.25) is 0 Å². The predicted octanol–water partition coefficient (Wildman–Crippen LogP) is 3.93. The van der Waals surface area contributed by atoms with E-state index in [0.29, 0.717) is 25.3 Å². The summed E-state index contributed by atoms with van der Waals surface area (Å²) in [5, 5.41) is 4.04. The Bertz CT molecular complexity index is 1050. The molecule has 0 spiro atoms. The molecule has 11 heteroatoms. The minimum Gasteiger partial charge on any atom is -0.494 e. The van der Waals surface area contributed by atoms with Gasteiger partial charge < -0.3 is 19.9 Å². The number of nitrogens with zero attached hydrogens (tertiary/aromatic N) is 5. The first-order chi connectivity index (χ1) is 15.1. The number of likely N-dealkylation sites (N-methyl/N-ethyl adjacent to an activating group) is 1. The molecule has 3 aromatic rings. The molecule has 4 rings (SSSR count). The second-order valence-electron chi connectivity index (χ2n) is 7.70. The third-order valence-electron chi connectivity index (χ3n) is 5.48. The predicted molar refractivity (Wildman–Crippen MR) is 143 cm³/mol. The first-order valence-electron chi connectivity index (χ1n) is 10.6. The Kier molecular flexibility index (Phi) is 12.3. The number of rotatable bonds is 7. The van der Waals surface area contributed by atoms with Gasteiger partial charge in [0.15, 0.2) is 5.82 Å². The summed E-state index contributed by atoms with van der Waals surface area (Å²) in [4.78, 5) is 30.0. The molecule has 8 nitrogen and oxygen atoms in total. The van der Waals surface area contributed by atoms with Crippen LogP contribution in [0.25, 0.3) is 22.3 Å². The van der Waals surface area contributed by atoms with E-state index in [1.54, 1.807) is 12.4 Å². The van der Waals surface area contributed by atoms with E-state index in [4.69, 9.17) is 4.74 Å². The van der Waals surface area contributed by atoms with E-state index in [1.807, 2.05) is 42.3 Å². The van der Waals surface area contributed by atoms with E-state index >= 15 is 0 Å². The molecule has 0 unspecified atom stereocenters. The summed E-state index contributed by atoms with van der Waals surface area (Å²) in [6, 6.07) is 9.59. The molecule has 0 radical (unpaired) electrons. The fourth-order valence-electron chi connectivity index (χ4n) is 3.64. The Hall–Kier alpha value is -2.39. The highest BCUT2D eigenvalue weighted by Gasteiger charge is 2.18. The Balaban J connectivity index is 0.00000193. The number of carbonyl (C=O) groups excluding carboxylic acids is 1. The van der Waals surface area contributed by atoms with Crippen molar-refractivity contribution in [1.82, 2.24) is 24.8 Å². The molecule has 0 atom stereocenters. The fourth-order valence-corrected chi connectivity index (χ4v) is 3.64. The number of hydrogen-bond acceptors (Lipinski definition) is 7. The third kappa shape index (κ3) is 7.30. The van der Waals surface area contributed by atoms with Crippen LogP contribution in [-0.4, -0.2) is 77.5 Å². The average Bonchev–Trinajstić information content (AvgIpc) is 2.82. The van der Waals surface area contributed by atoms with Crippen LogP contribution in [0.4, 0.5) is 5.82 Å². The number of piperazine rings is 1. The van der Waals surface area contributed by atoms with E-state index in [0.717, 1.165) is 54.2 Å². The highest BCUT2D eigenvalue weighted by Crippen LogP contribution is 2.28. The zero-order valence-electron chi connectivity index (χ0n) is 19.3. The quantitative estimate of drug-likeness (QED) is 0.464. The van der Waals surface area contributed by atoms with Gasteiger partial charge in [-0.2, -0.15) is 0 Å². The molecule has 1 fully saturated rings. The fraction of sp³-hybridized carbons (Fsp3) is 0.391. The van der Waals surface area contributed by atoms with Crippen molar-refractivity contribution >= 4 is 59.8 Å². The Morgan fingerprint density at radius 3 is 2.53 bits per heavy atom. The largest absolute Gasteiger partial charge is 0.494 e. The normalized spacial score (nSPS) is 13.3. The molecule has 1 amide bonds. The smallest absolute Gasteiger partial charge is 0.222 e. The maximum atomic E-state index is 12.3. The van der Waals surface area contributed by atoms with Gasteiger partial charge in [-0.15, -0.1) is 37.2 Å². The number of anilines is 1. The summed E-state index contributed by atoms with van der Waals surface area (Å²) in [7, 11) is 3.93. The number of carbonyl (C=O) groups is 1. The third-order valence-corrected chi connectivity index (χ3v) is 5.48. The van der Waals surface area contributed by atoms with Gasteiger partial charge in [0, 0.05) is 63.0 Å². The highest BCUT2D eigenvalue weighted by molar-refractivity contribution is 5.91. The molecule has 34 heavy (non-hydrogen) atoms. The molecule has 1 aromatic carbocycles. The molecule has 0 saturated carbocycles. The van der Waals surface area contributed by atoms with Crippen molar-refractivity contribution in [2.24, 2.45) is 0 Å². The van der Waals surface area contributed by atoms with Gasteiger partial charge in [0.1, 0.15) is 11.6 Å². The van der Waals surface area contributed by atoms with Crippen LogP contribution in [0, 0.1) is 0 Å². The first-order valence-corrected chi connectivity index (χ1v) is 10.6. The lowest BCUT2D eigenvalue weighted by Crippen LogP contribution is -2.47. The van der Waals surface area contributed by atoms with E-state index < -0.39 is 0 Å². The number of nitrogens with one attached hydrogen (secondary N) is 1. The van der Waals surface area contributed by atoms with Gasteiger partial charge in [0.2, 0.25) is 5.91 Å². The Morgan fingerprint density at radius 2 is 1.85 bits per heavy atom. The molecule has 1 aliphatic rings. The molecule has 3 heterocycles. The summed E-state index contributed by atoms with van der Waals surface area (Å²) >= 11 is 0. The summed E-state index contributed by atoms with van der Waals surface area (Å²) in [5.41, 5.74) is 1.70. The summed E-state index contributed by atoms with van der Waals surface area (Å²) in [6.45, 7) is 4.01. The SMILES string of the molecule is CNc1nc(-c2cccnc2)nc2ccc(OCCCC(=O)N3CCN(C)CC3)cc12.Cl.Cl.Cl. The van der Waals surface area contributed by atoms with Crippen LogP contribution < -0.4 is 10.1 Å². The van der Waals surface area contributed by atoms with E-state index in [9.17, 15) is 4.79 Å². The molecule has 1 aliphatic heterocycles. The van der Waals surface area contributed by atoms with Crippen LogP contribution in [-0.2, 0) is 4.79 Å². The molecular weight excluding hydrogens is 499 g/mol. The van der Waals surface area contributed by atoms with Crippen molar-refractivity contribution in [2.45, 2.75) is 12.8 Å². The standard InChI is InChI=1S/C23H28N6O2.3ClH/c1-24-23-19-15-18(31-14-4-6-21(30)29-12-10-28(2)11-13-29)7-8-20(19)26-22(27-23)17-5-3-9-25-16-17;;;/h3,5,7-9,15-16H,4,6,10-14H2,1-2H3,(H,24,26,27);3*1H. The molecule has 0 bridgehead atoms. The van der Waals surface area contributed by atoms with E-state index in [-0.39, 0.29) is 43.1 Å². The number of halogens is 3. The molecule has 1 N–H and O–H groups in total. The number of fused-ring (bicyclic) bond motifs is 1. The van der Waals surface area contributed by atoms with Gasteiger partial charge in [0.25, 0.3) is 0 Å². The molecular formula is C23H31Cl3N6O2. The van der Waals surface area contributed by atoms with Crippen LogP contribution in [0.3, 0.4) is 0 Å². The first kappa shape index (κ1) is 29.6. The summed E-state index contributed by atoms with van der Waals surface area (Å²) in [5.74, 6) is 2.32. The maximum Gasteiger partial charge on any atom is 0.222 e. The zero-order valence-corrected chi connectivity index (χ0v) is 21.7. The lowest BCUT2D eigenvalue weighted by atomic mass is 10.2. The Morgan fingerprint density at radius 1 is 1.09 bits per heavy atom. The number of amides is 1. The number of hydrogen-bond donors (Lipinski definition) is 1. The van der Waals surface area contributed by atoms with Gasteiger partial charge in [-0.1, -0.05) is 0 Å². The van der Waals surface area contributed by atoms with Crippen LogP contribution >= 0.6 is 37.2 Å². The van der Waals surface area contributed by atoms with Gasteiger partial charge in [-0.05, 0) is 43.8 Å². The second kappa shape index (κ2) is 14.1. The van der Waals surface area contributed by atoms with Gasteiger partial charge >= 0.3 is 0 Å². The summed E-state index contributed by atoms with van der Waals surface area (Å²) in [6.07, 6.45) is 4.68. The average molecular weight is 530 g/mol. The number of aromatic nitrogens is 3. The monoisotopic (exact) mass is 528 g/mol. The maximum absolute atomic E-state index is 12.3. The second-order valence-corrected chi connectivity index (χ2v) is 7.70. The lowest BCUT2D eigenvalue weighted by molar-refractivity contribution is -0.133. The van der Waals surface area contributed by atoms with Crippen LogP contribution in [0.1, 0.15) is 12.8 Å². The summed E-state index contributed by atoms with van der Waals surface area (Å²) < 4.78 is 5.91. The number of ether oxygens (including phenoxy) is 1. The van der Waals surface area contributed by atoms with Gasteiger partial charge in [-0.25, -0.2) is 9.97 Å². The van der Waals surface area contributed by atoms with Crippen LogP contribution in [0.15, 0.2) is 42.7 Å². The Labute approximate surface area is 218 Å². The van der Waals surface area contributed by atoms with Crippen molar-refractivity contribution in [1.29, 1.82) is 0 Å². The molecule has 1 saturated heterocycles. The van der Waals surface area contributed by atoms with Crippen molar-refractivity contribution in [3.63, 3.8) is 0 Å². The topological polar surface area (TPSA) is 83.5 Å². The highest BCUT2D eigenvalue weighted by atomic mass is 35.5.